The summed E-state index contributed by atoms with van der Waals surface area (Å²) in [6, 6.07) is 22.7. The van der Waals surface area contributed by atoms with Crippen molar-refractivity contribution in [3.8, 4) is 34.0 Å². The van der Waals surface area contributed by atoms with Crippen molar-refractivity contribution in [1.82, 2.24) is 0 Å². The maximum absolute atomic E-state index is 6.43. The first-order valence-electron chi connectivity index (χ1n) is 7.66. The molecule has 2 aromatic carbocycles. The monoisotopic (exact) mass is 413 g/mol. The van der Waals surface area contributed by atoms with Gasteiger partial charge in [0.05, 0.1) is 22.6 Å². The van der Waals surface area contributed by atoms with Crippen molar-refractivity contribution >= 4 is 29.3 Å². The minimum Gasteiger partial charge on any atom is -0.622 e. The van der Waals surface area contributed by atoms with E-state index in [0.717, 1.165) is 38.3 Å². The van der Waals surface area contributed by atoms with Gasteiger partial charge in [-0.05, 0) is 30.3 Å². The Labute approximate surface area is 148 Å². The summed E-state index contributed by atoms with van der Waals surface area (Å²) in [6.07, 6.45) is 0. The molecular formula is C18H13BINO2. The summed E-state index contributed by atoms with van der Waals surface area (Å²) in [5.74, 6) is 1.78. The minimum absolute atomic E-state index is 0.745. The molecule has 0 aliphatic carbocycles. The Bertz CT molecular complexity index is 876. The zero-order valence-corrected chi connectivity index (χ0v) is 14.4. The lowest BCUT2D eigenvalue weighted by molar-refractivity contribution is -0.551. The number of alkyl halides is 1. The number of hydrogen-bond donors (Lipinski definition) is 0. The van der Waals surface area contributed by atoms with E-state index in [2.05, 4.69) is 57.4 Å². The predicted octanol–water partition coefficient (Wildman–Crippen LogP) is 3.85. The average molecular weight is 413 g/mol. The normalized spacial score (nSPS) is 15.5. The number of halogens is 1. The molecular weight excluding hydrogens is 400 g/mol. The van der Waals surface area contributed by atoms with Crippen LogP contribution in [0.3, 0.4) is 0 Å². The quantitative estimate of drug-likeness (QED) is 0.344. The van der Waals surface area contributed by atoms with Gasteiger partial charge in [0.15, 0.2) is 11.4 Å². The molecule has 3 aromatic rings. The standard InChI is InChI=1S/C18H13BINO2/c20-12-19-21-15(13-6-1-3-10-17(13)22-19)8-5-9-16(21)14-7-2-4-11-18(14)23-19/h1-11H,12H2. The van der Waals surface area contributed by atoms with Gasteiger partial charge in [0.2, 0.25) is 0 Å². The summed E-state index contributed by atoms with van der Waals surface area (Å²) >= 11 is 2.36. The Balaban J connectivity index is 1.91. The summed E-state index contributed by atoms with van der Waals surface area (Å²) in [7, 11) is 0. The highest BCUT2D eigenvalue weighted by Gasteiger charge is 2.54. The first kappa shape index (κ1) is 13.4. The number of fused-ring (bicyclic) bond motifs is 4. The predicted molar refractivity (Wildman–Crippen MR) is 98.8 cm³/mol. The number of benzene rings is 2. The van der Waals surface area contributed by atoms with E-state index < -0.39 is 6.69 Å². The van der Waals surface area contributed by atoms with E-state index >= 15 is 0 Å². The van der Waals surface area contributed by atoms with Crippen LogP contribution in [-0.2, 0) is 0 Å². The van der Waals surface area contributed by atoms with Crippen LogP contribution in [0.4, 0.5) is 0 Å². The van der Waals surface area contributed by atoms with E-state index in [0.29, 0.717) is 0 Å². The van der Waals surface area contributed by atoms with Crippen LogP contribution in [0.1, 0.15) is 0 Å². The Morgan fingerprint density at radius 2 is 1.26 bits per heavy atom. The fourth-order valence-electron chi connectivity index (χ4n) is 3.60. The Morgan fingerprint density at radius 3 is 1.78 bits per heavy atom. The van der Waals surface area contributed by atoms with Crippen LogP contribution in [-0.4, -0.2) is 11.0 Å². The van der Waals surface area contributed by atoms with Crippen molar-refractivity contribution in [2.75, 3.05) is 4.33 Å². The highest BCUT2D eigenvalue weighted by atomic mass is 127. The van der Waals surface area contributed by atoms with Gasteiger partial charge in [-0.3, -0.25) is 0 Å². The molecule has 0 bridgehead atoms. The van der Waals surface area contributed by atoms with Gasteiger partial charge in [-0.15, -0.1) is 22.6 Å². The third-order valence-electron chi connectivity index (χ3n) is 4.56. The SMILES string of the molecule is IC[B-]12Oc3ccccc3-c3cccc([n+]31)-c1ccccc1O2. The summed E-state index contributed by atoms with van der Waals surface area (Å²) in [4.78, 5) is 0. The molecule has 0 saturated carbocycles. The van der Waals surface area contributed by atoms with Crippen molar-refractivity contribution in [3.05, 3.63) is 66.7 Å². The largest absolute Gasteiger partial charge is 0.663 e. The zero-order chi connectivity index (χ0) is 15.4. The zero-order valence-electron chi connectivity index (χ0n) is 12.3. The van der Waals surface area contributed by atoms with E-state index in [4.69, 9.17) is 9.31 Å². The van der Waals surface area contributed by atoms with Crippen LogP contribution in [0.25, 0.3) is 22.5 Å². The van der Waals surface area contributed by atoms with Crippen LogP contribution in [0, 0.1) is 0 Å². The minimum atomic E-state index is -1.63. The first-order chi connectivity index (χ1) is 11.3. The molecule has 2 aliphatic rings. The Kier molecular flexibility index (Phi) is 2.77. The second-order valence-corrected chi connectivity index (χ2v) is 6.75. The van der Waals surface area contributed by atoms with Crippen molar-refractivity contribution in [2.24, 2.45) is 0 Å². The number of nitrogens with zero attached hydrogens (tertiary/aromatic N) is 1. The molecule has 0 atom stereocenters. The van der Waals surface area contributed by atoms with E-state index in [1.807, 2.05) is 36.4 Å². The van der Waals surface area contributed by atoms with Crippen LogP contribution < -0.4 is 13.8 Å². The van der Waals surface area contributed by atoms with Gasteiger partial charge in [0, 0.05) is 16.5 Å². The van der Waals surface area contributed by atoms with Crippen molar-refractivity contribution in [2.45, 2.75) is 0 Å². The molecule has 0 fully saturated rings. The molecule has 2 aliphatic heterocycles. The third-order valence-corrected chi connectivity index (χ3v) is 5.68. The smallest absolute Gasteiger partial charge is 0.622 e. The van der Waals surface area contributed by atoms with E-state index in [-0.39, 0.29) is 0 Å². The maximum atomic E-state index is 6.43. The van der Waals surface area contributed by atoms with Gasteiger partial charge in [-0.1, -0.05) is 24.3 Å². The fraction of sp³-hybridized carbons (Fsp3) is 0.0556. The van der Waals surface area contributed by atoms with Crippen LogP contribution >= 0.6 is 22.6 Å². The van der Waals surface area contributed by atoms with Gasteiger partial charge in [-0.2, -0.15) is 0 Å². The Hall–Kier alpha value is -2.02. The van der Waals surface area contributed by atoms with Crippen LogP contribution in [0.15, 0.2) is 66.7 Å². The van der Waals surface area contributed by atoms with Crippen molar-refractivity contribution < 1.29 is 13.8 Å². The fourth-order valence-corrected chi connectivity index (χ4v) is 4.36. The summed E-state index contributed by atoms with van der Waals surface area (Å²) in [5, 5.41) is 0. The number of rotatable bonds is 1. The lowest BCUT2D eigenvalue weighted by Gasteiger charge is -2.43. The van der Waals surface area contributed by atoms with Gasteiger partial charge < -0.3 is 13.8 Å². The molecule has 3 heterocycles. The summed E-state index contributed by atoms with van der Waals surface area (Å²) in [6.45, 7) is -1.63. The molecule has 0 unspecified atom stereocenters. The summed E-state index contributed by atoms with van der Waals surface area (Å²) < 4.78 is 15.9. The lowest BCUT2D eigenvalue weighted by atomic mass is 9.69. The lowest BCUT2D eigenvalue weighted by Crippen LogP contribution is -2.78. The number of pyridine rings is 1. The van der Waals surface area contributed by atoms with Gasteiger partial charge in [-0.25, -0.2) is 0 Å². The third kappa shape index (κ3) is 1.74. The number of para-hydroxylation sites is 2. The topological polar surface area (TPSA) is 22.3 Å². The highest BCUT2D eigenvalue weighted by Crippen LogP contribution is 2.41. The second kappa shape index (κ2) is 4.74. The van der Waals surface area contributed by atoms with E-state index in [9.17, 15) is 0 Å². The molecule has 0 radical (unpaired) electrons. The van der Waals surface area contributed by atoms with Gasteiger partial charge >= 0.3 is 6.69 Å². The highest BCUT2D eigenvalue weighted by molar-refractivity contribution is 14.1. The van der Waals surface area contributed by atoms with Crippen LogP contribution in [0.2, 0.25) is 0 Å². The molecule has 5 rings (SSSR count). The molecule has 0 amide bonds. The molecule has 1 aromatic heterocycles. The number of hydrogen-bond acceptors (Lipinski definition) is 2. The van der Waals surface area contributed by atoms with Gasteiger partial charge in [0.1, 0.15) is 0 Å². The number of aromatic nitrogens is 1. The summed E-state index contributed by atoms with van der Waals surface area (Å²) in [5.41, 5.74) is 4.52. The van der Waals surface area contributed by atoms with E-state index in [1.165, 1.54) is 0 Å². The van der Waals surface area contributed by atoms with Crippen molar-refractivity contribution in [1.29, 1.82) is 0 Å². The Morgan fingerprint density at radius 1 is 0.739 bits per heavy atom. The van der Waals surface area contributed by atoms with E-state index in [1.54, 1.807) is 0 Å². The first-order valence-corrected chi connectivity index (χ1v) is 9.18. The molecule has 112 valence electrons. The average Bonchev–Trinajstić information content (AvgIpc) is 2.62. The molecule has 5 heteroatoms. The van der Waals surface area contributed by atoms with Crippen molar-refractivity contribution in [3.63, 3.8) is 0 Å². The maximum Gasteiger partial charge on any atom is 0.663 e. The molecule has 0 saturated heterocycles. The molecule has 0 spiro atoms. The molecule has 0 N–H and O–H groups in total. The second-order valence-electron chi connectivity index (χ2n) is 5.87. The van der Waals surface area contributed by atoms with Crippen LogP contribution in [0.5, 0.6) is 11.5 Å². The molecule has 3 nitrogen and oxygen atoms in total. The molecule has 23 heavy (non-hydrogen) atoms. The van der Waals surface area contributed by atoms with Gasteiger partial charge in [0.25, 0.3) is 0 Å².